The van der Waals surface area contributed by atoms with Crippen molar-refractivity contribution in [1.82, 2.24) is 5.16 Å². The van der Waals surface area contributed by atoms with Crippen LogP contribution < -0.4 is 5.32 Å². The van der Waals surface area contributed by atoms with E-state index in [0.717, 1.165) is 18.2 Å². The van der Waals surface area contributed by atoms with Crippen LogP contribution in [0.15, 0.2) is 35.0 Å². The van der Waals surface area contributed by atoms with Crippen LogP contribution in [0.2, 0.25) is 0 Å². The van der Waals surface area contributed by atoms with Gasteiger partial charge in [0, 0.05) is 11.8 Å². The number of halogens is 3. The lowest BCUT2D eigenvalue weighted by Crippen LogP contribution is -2.13. The number of hydrogen-bond acceptors (Lipinski definition) is 4. The van der Waals surface area contributed by atoms with Crippen molar-refractivity contribution in [3.8, 4) is 0 Å². The Morgan fingerprint density at radius 2 is 2.10 bits per heavy atom. The number of carbonyl (C=O) groups is 1. The van der Waals surface area contributed by atoms with Gasteiger partial charge in [0.15, 0.2) is 5.76 Å². The number of benzene rings is 1. The number of rotatable bonds is 4. The Morgan fingerprint density at radius 3 is 2.65 bits per heavy atom. The maximum Gasteiger partial charge on any atom is 0.417 e. The molecule has 0 saturated carbocycles. The quantitative estimate of drug-likeness (QED) is 0.903. The van der Waals surface area contributed by atoms with Gasteiger partial charge in [0.05, 0.1) is 23.9 Å². The van der Waals surface area contributed by atoms with Gasteiger partial charge in [-0.1, -0.05) is 5.16 Å². The van der Waals surface area contributed by atoms with Crippen LogP contribution in [0.25, 0.3) is 0 Å². The number of alkyl halides is 3. The summed E-state index contributed by atoms with van der Waals surface area (Å²) in [5.74, 6) is -1.16. The van der Waals surface area contributed by atoms with E-state index in [2.05, 4.69) is 10.5 Å². The third-order valence-corrected chi connectivity index (χ3v) is 2.51. The molecular weight excluding hydrogens is 277 g/mol. The third kappa shape index (κ3) is 3.08. The molecule has 8 heteroatoms. The van der Waals surface area contributed by atoms with E-state index in [1.54, 1.807) is 6.07 Å². The molecule has 5 nitrogen and oxygen atoms in total. The molecule has 2 aromatic rings. The van der Waals surface area contributed by atoms with E-state index in [9.17, 15) is 18.0 Å². The summed E-state index contributed by atoms with van der Waals surface area (Å²) in [6.45, 7) is 0.185. The smallest absolute Gasteiger partial charge is 0.417 e. The minimum Gasteiger partial charge on any atom is -0.478 e. The maximum absolute atomic E-state index is 12.6. The Hall–Kier alpha value is -2.51. The first-order chi connectivity index (χ1) is 9.38. The summed E-state index contributed by atoms with van der Waals surface area (Å²) in [6.07, 6.45) is -3.29. The summed E-state index contributed by atoms with van der Waals surface area (Å²) in [7, 11) is 0. The van der Waals surface area contributed by atoms with Gasteiger partial charge in [-0.05, 0) is 18.2 Å². The summed E-state index contributed by atoms with van der Waals surface area (Å²) < 4.78 is 42.7. The second-order valence-corrected chi connectivity index (χ2v) is 3.90. The number of aromatic carboxylic acids is 1. The molecule has 0 saturated heterocycles. The van der Waals surface area contributed by atoms with Crippen LogP contribution in [0.4, 0.5) is 18.9 Å². The van der Waals surface area contributed by atoms with Gasteiger partial charge in [-0.2, -0.15) is 13.2 Å². The Balaban J connectivity index is 2.24. The zero-order valence-corrected chi connectivity index (χ0v) is 9.94. The first-order valence-electron chi connectivity index (χ1n) is 5.46. The number of carboxylic acids is 1. The minimum atomic E-state index is -4.71. The van der Waals surface area contributed by atoms with Crippen molar-refractivity contribution in [2.45, 2.75) is 12.7 Å². The van der Waals surface area contributed by atoms with E-state index < -0.39 is 23.3 Å². The van der Waals surface area contributed by atoms with Crippen molar-refractivity contribution in [1.29, 1.82) is 0 Å². The van der Waals surface area contributed by atoms with Gasteiger partial charge in [0.25, 0.3) is 0 Å². The number of hydrogen-bond donors (Lipinski definition) is 2. The number of carboxylic acid groups (broad SMARTS) is 1. The highest BCUT2D eigenvalue weighted by Crippen LogP contribution is 2.33. The van der Waals surface area contributed by atoms with E-state index in [0.29, 0.717) is 5.76 Å². The van der Waals surface area contributed by atoms with Crippen molar-refractivity contribution in [3.63, 3.8) is 0 Å². The zero-order valence-electron chi connectivity index (χ0n) is 9.94. The van der Waals surface area contributed by atoms with Crippen molar-refractivity contribution in [2.24, 2.45) is 0 Å². The fourth-order valence-corrected chi connectivity index (χ4v) is 1.60. The van der Waals surface area contributed by atoms with E-state index in [4.69, 9.17) is 9.63 Å². The van der Waals surface area contributed by atoms with Crippen LogP contribution in [0.3, 0.4) is 0 Å². The van der Waals surface area contributed by atoms with Crippen LogP contribution in [-0.4, -0.2) is 16.2 Å². The van der Waals surface area contributed by atoms with Gasteiger partial charge in [0.1, 0.15) is 0 Å². The molecule has 1 aromatic carbocycles. The fraction of sp³-hybridized carbons (Fsp3) is 0.167. The van der Waals surface area contributed by atoms with Crippen molar-refractivity contribution < 1.29 is 27.6 Å². The Bertz CT molecular complexity index is 609. The molecule has 0 amide bonds. The highest BCUT2D eigenvalue weighted by atomic mass is 19.4. The lowest BCUT2D eigenvalue weighted by atomic mass is 10.1. The van der Waals surface area contributed by atoms with Gasteiger partial charge in [-0.3, -0.25) is 0 Å². The molecule has 20 heavy (non-hydrogen) atoms. The fourth-order valence-electron chi connectivity index (χ4n) is 1.60. The zero-order chi connectivity index (χ0) is 14.8. The summed E-state index contributed by atoms with van der Waals surface area (Å²) in [5, 5.41) is 15.1. The molecule has 0 spiro atoms. The van der Waals surface area contributed by atoms with Crippen LogP contribution in [0.5, 0.6) is 0 Å². The summed E-state index contributed by atoms with van der Waals surface area (Å²) >= 11 is 0. The first-order valence-corrected chi connectivity index (χ1v) is 5.46. The summed E-state index contributed by atoms with van der Waals surface area (Å²) in [5.41, 5.74) is -1.75. The van der Waals surface area contributed by atoms with Crippen LogP contribution >= 0.6 is 0 Å². The normalized spacial score (nSPS) is 11.3. The molecule has 2 N–H and O–H groups in total. The molecule has 0 unspecified atom stereocenters. The van der Waals surface area contributed by atoms with Crippen molar-refractivity contribution in [2.75, 3.05) is 5.32 Å². The van der Waals surface area contributed by atoms with Gasteiger partial charge in [0.2, 0.25) is 0 Å². The lowest BCUT2D eigenvalue weighted by molar-refractivity contribution is -0.138. The second kappa shape index (κ2) is 5.24. The van der Waals surface area contributed by atoms with E-state index in [1.165, 1.54) is 6.20 Å². The van der Waals surface area contributed by atoms with Crippen molar-refractivity contribution >= 4 is 11.7 Å². The highest BCUT2D eigenvalue weighted by Gasteiger charge is 2.35. The molecule has 0 aliphatic heterocycles. The monoisotopic (exact) mass is 286 g/mol. The van der Waals surface area contributed by atoms with E-state index in [-0.39, 0.29) is 12.2 Å². The van der Waals surface area contributed by atoms with Crippen molar-refractivity contribution in [3.05, 3.63) is 47.3 Å². The number of nitrogens with zero attached hydrogens (tertiary/aromatic N) is 1. The average Bonchev–Trinajstić information content (AvgIpc) is 2.88. The number of nitrogens with one attached hydrogen (secondary N) is 1. The van der Waals surface area contributed by atoms with Gasteiger partial charge < -0.3 is 14.9 Å². The lowest BCUT2D eigenvalue weighted by Gasteiger charge is -2.12. The first kappa shape index (κ1) is 13.9. The molecule has 0 aliphatic carbocycles. The predicted molar refractivity (Wildman–Crippen MR) is 62.2 cm³/mol. The molecule has 0 aliphatic rings. The topological polar surface area (TPSA) is 75.4 Å². The Kier molecular flexibility index (Phi) is 3.64. The molecule has 106 valence electrons. The second-order valence-electron chi connectivity index (χ2n) is 3.90. The molecular formula is C12H9F3N2O3. The molecule has 0 bridgehead atoms. The van der Waals surface area contributed by atoms with Gasteiger partial charge in [-0.15, -0.1) is 0 Å². The Labute approximate surface area is 111 Å². The molecule has 0 radical (unpaired) electrons. The van der Waals surface area contributed by atoms with Crippen LogP contribution in [0.1, 0.15) is 21.7 Å². The molecule has 0 atom stereocenters. The molecule has 2 rings (SSSR count). The maximum atomic E-state index is 12.6. The average molecular weight is 286 g/mol. The molecule has 1 heterocycles. The number of aromatic nitrogens is 1. The van der Waals surface area contributed by atoms with Crippen LogP contribution in [-0.2, 0) is 12.7 Å². The predicted octanol–water partition coefficient (Wildman–Crippen LogP) is 3.00. The van der Waals surface area contributed by atoms with E-state index in [1.807, 2.05) is 0 Å². The van der Waals surface area contributed by atoms with Gasteiger partial charge in [-0.25, -0.2) is 4.79 Å². The Morgan fingerprint density at radius 1 is 1.35 bits per heavy atom. The highest BCUT2D eigenvalue weighted by molar-refractivity contribution is 5.91. The summed E-state index contributed by atoms with van der Waals surface area (Å²) in [6, 6.07) is 4.40. The molecule has 1 aromatic heterocycles. The minimum absolute atomic E-state index is 0.185. The third-order valence-electron chi connectivity index (χ3n) is 2.51. The summed E-state index contributed by atoms with van der Waals surface area (Å²) in [4.78, 5) is 10.9. The SMILES string of the molecule is O=C(O)c1cc(NCc2ccno2)ccc1C(F)(F)F. The largest absolute Gasteiger partial charge is 0.478 e. The van der Waals surface area contributed by atoms with Gasteiger partial charge >= 0.3 is 12.1 Å². The van der Waals surface area contributed by atoms with E-state index >= 15 is 0 Å². The van der Waals surface area contributed by atoms with Crippen LogP contribution in [0, 0.1) is 0 Å². The molecule has 0 fully saturated rings. The number of anilines is 1. The standard InChI is InChI=1S/C12H9F3N2O3/c13-12(14,15)10-2-1-7(5-9(10)11(18)19)16-6-8-3-4-17-20-8/h1-5,16H,6H2,(H,18,19).